The third kappa shape index (κ3) is 4.36. The minimum Gasteiger partial charge on any atom is -0.384 e. The number of nitrogen functional groups attached to an aromatic ring is 1. The van der Waals surface area contributed by atoms with Crippen LogP contribution in [-0.2, 0) is 0 Å². The second kappa shape index (κ2) is 8.48. The SMILES string of the molecule is Cc1cccc(-c2cc(N)n(-c3ccc(C(=O)Nc4ccccc4C(C)C)cc3)n2)c1. The Labute approximate surface area is 182 Å². The first-order valence-electron chi connectivity index (χ1n) is 10.4. The first kappa shape index (κ1) is 20.4. The number of nitrogens with two attached hydrogens (primary N) is 1. The molecule has 31 heavy (non-hydrogen) atoms. The molecule has 4 aromatic rings. The Balaban J connectivity index is 1.56. The number of benzene rings is 3. The van der Waals surface area contributed by atoms with E-state index in [9.17, 15) is 4.79 Å². The van der Waals surface area contributed by atoms with E-state index < -0.39 is 0 Å². The fourth-order valence-electron chi connectivity index (χ4n) is 3.61. The third-order valence-corrected chi connectivity index (χ3v) is 5.26. The highest BCUT2D eigenvalue weighted by Crippen LogP contribution is 2.26. The molecule has 0 atom stereocenters. The minimum atomic E-state index is -0.145. The molecular formula is C26H26N4O. The highest BCUT2D eigenvalue weighted by Gasteiger charge is 2.13. The molecule has 4 rings (SSSR count). The summed E-state index contributed by atoms with van der Waals surface area (Å²) in [6, 6.07) is 25.2. The number of amides is 1. The van der Waals surface area contributed by atoms with Crippen LogP contribution in [0, 0.1) is 6.92 Å². The van der Waals surface area contributed by atoms with Crippen LogP contribution in [0.2, 0.25) is 0 Å². The van der Waals surface area contributed by atoms with E-state index in [1.165, 1.54) is 5.56 Å². The van der Waals surface area contributed by atoms with Gasteiger partial charge in [0.15, 0.2) is 0 Å². The standard InChI is InChI=1S/C26H26N4O/c1-17(2)22-9-4-5-10-23(22)28-26(31)19-11-13-21(14-12-19)30-25(27)16-24(29-30)20-8-6-7-18(3)15-20/h4-17H,27H2,1-3H3,(H,28,31). The van der Waals surface area contributed by atoms with Crippen LogP contribution < -0.4 is 11.1 Å². The maximum Gasteiger partial charge on any atom is 0.255 e. The molecule has 0 fully saturated rings. The lowest BCUT2D eigenvalue weighted by Crippen LogP contribution is -2.14. The first-order valence-corrected chi connectivity index (χ1v) is 10.4. The van der Waals surface area contributed by atoms with E-state index in [1.807, 2.05) is 67.6 Å². The molecule has 0 aliphatic carbocycles. The third-order valence-electron chi connectivity index (χ3n) is 5.26. The minimum absolute atomic E-state index is 0.145. The lowest BCUT2D eigenvalue weighted by atomic mass is 10.0. The molecule has 5 heteroatoms. The maximum absolute atomic E-state index is 12.8. The number of anilines is 2. The lowest BCUT2D eigenvalue weighted by molar-refractivity contribution is 0.102. The van der Waals surface area contributed by atoms with Gasteiger partial charge in [-0.2, -0.15) is 5.10 Å². The molecule has 0 unspecified atom stereocenters. The van der Waals surface area contributed by atoms with Crippen LogP contribution in [0.4, 0.5) is 11.5 Å². The number of hydrogen-bond acceptors (Lipinski definition) is 3. The Kier molecular flexibility index (Phi) is 5.58. The number of carbonyl (C=O) groups excluding carboxylic acids is 1. The molecular weight excluding hydrogens is 384 g/mol. The van der Waals surface area contributed by atoms with Crippen molar-refractivity contribution in [3.8, 4) is 16.9 Å². The quantitative estimate of drug-likeness (QED) is 0.436. The van der Waals surface area contributed by atoms with Crippen molar-refractivity contribution < 1.29 is 4.79 Å². The second-order valence-corrected chi connectivity index (χ2v) is 7.98. The summed E-state index contributed by atoms with van der Waals surface area (Å²) in [5, 5.41) is 7.68. The van der Waals surface area contributed by atoms with E-state index in [-0.39, 0.29) is 5.91 Å². The Hall–Kier alpha value is -3.86. The first-order chi connectivity index (χ1) is 14.9. The van der Waals surface area contributed by atoms with Gasteiger partial charge in [0.2, 0.25) is 0 Å². The molecule has 3 aromatic carbocycles. The topological polar surface area (TPSA) is 72.9 Å². The van der Waals surface area contributed by atoms with Gasteiger partial charge in [0.05, 0.1) is 11.4 Å². The molecule has 3 N–H and O–H groups in total. The Bertz CT molecular complexity index is 1220. The van der Waals surface area contributed by atoms with Crippen molar-refractivity contribution in [2.45, 2.75) is 26.7 Å². The predicted octanol–water partition coefficient (Wildman–Crippen LogP) is 5.81. The average Bonchev–Trinajstić information content (AvgIpc) is 3.16. The monoisotopic (exact) mass is 410 g/mol. The smallest absolute Gasteiger partial charge is 0.255 e. The average molecular weight is 411 g/mol. The number of aryl methyl sites for hydroxylation is 1. The molecule has 0 radical (unpaired) electrons. The van der Waals surface area contributed by atoms with Crippen molar-refractivity contribution in [1.82, 2.24) is 9.78 Å². The normalized spacial score (nSPS) is 11.0. The van der Waals surface area contributed by atoms with Crippen LogP contribution in [0.3, 0.4) is 0 Å². The fourth-order valence-corrected chi connectivity index (χ4v) is 3.61. The summed E-state index contributed by atoms with van der Waals surface area (Å²) in [6.45, 7) is 6.27. The summed E-state index contributed by atoms with van der Waals surface area (Å²) < 4.78 is 1.69. The summed E-state index contributed by atoms with van der Waals surface area (Å²) in [6.07, 6.45) is 0. The molecule has 1 aromatic heterocycles. The van der Waals surface area contributed by atoms with Crippen LogP contribution in [0.5, 0.6) is 0 Å². The zero-order chi connectivity index (χ0) is 22.0. The summed E-state index contributed by atoms with van der Waals surface area (Å²) in [4.78, 5) is 12.8. The van der Waals surface area contributed by atoms with Gasteiger partial charge in [0.1, 0.15) is 5.82 Å². The summed E-state index contributed by atoms with van der Waals surface area (Å²) in [5.74, 6) is 0.720. The highest BCUT2D eigenvalue weighted by molar-refractivity contribution is 6.04. The molecule has 0 aliphatic heterocycles. The number of aromatic nitrogens is 2. The van der Waals surface area contributed by atoms with E-state index in [0.29, 0.717) is 17.3 Å². The molecule has 1 heterocycles. The Morgan fingerprint density at radius 1 is 0.968 bits per heavy atom. The second-order valence-electron chi connectivity index (χ2n) is 7.98. The van der Waals surface area contributed by atoms with Gasteiger partial charge < -0.3 is 11.1 Å². The van der Waals surface area contributed by atoms with Crippen molar-refractivity contribution in [2.75, 3.05) is 11.1 Å². The summed E-state index contributed by atoms with van der Waals surface area (Å²) in [7, 11) is 0. The fraction of sp³-hybridized carbons (Fsp3) is 0.154. The Morgan fingerprint density at radius 2 is 1.71 bits per heavy atom. The van der Waals surface area contributed by atoms with Gasteiger partial charge in [-0.1, -0.05) is 55.8 Å². The number of hydrogen-bond donors (Lipinski definition) is 2. The van der Waals surface area contributed by atoms with Crippen LogP contribution in [0.25, 0.3) is 16.9 Å². The molecule has 0 bridgehead atoms. The Morgan fingerprint density at radius 3 is 2.42 bits per heavy atom. The van der Waals surface area contributed by atoms with Crippen LogP contribution >= 0.6 is 0 Å². The van der Waals surface area contributed by atoms with Crippen molar-refractivity contribution in [3.63, 3.8) is 0 Å². The number of nitrogens with zero attached hydrogens (tertiary/aromatic N) is 2. The van der Waals surface area contributed by atoms with E-state index in [4.69, 9.17) is 5.73 Å². The van der Waals surface area contributed by atoms with Crippen molar-refractivity contribution in [3.05, 3.63) is 95.6 Å². The molecule has 0 spiro atoms. The lowest BCUT2D eigenvalue weighted by Gasteiger charge is -2.14. The number of carbonyl (C=O) groups is 1. The van der Waals surface area contributed by atoms with Crippen molar-refractivity contribution in [2.24, 2.45) is 0 Å². The van der Waals surface area contributed by atoms with Gasteiger partial charge in [-0.25, -0.2) is 4.68 Å². The van der Waals surface area contributed by atoms with E-state index in [0.717, 1.165) is 28.2 Å². The number of para-hydroxylation sites is 1. The molecule has 0 saturated carbocycles. The number of nitrogens with one attached hydrogen (secondary N) is 1. The van der Waals surface area contributed by atoms with Gasteiger partial charge in [-0.15, -0.1) is 0 Å². The van der Waals surface area contributed by atoms with Gasteiger partial charge in [0, 0.05) is 22.9 Å². The molecule has 1 amide bonds. The van der Waals surface area contributed by atoms with Gasteiger partial charge in [-0.3, -0.25) is 4.79 Å². The number of rotatable bonds is 5. The molecule has 156 valence electrons. The predicted molar refractivity (Wildman–Crippen MR) is 127 cm³/mol. The van der Waals surface area contributed by atoms with Gasteiger partial charge >= 0.3 is 0 Å². The molecule has 0 saturated heterocycles. The van der Waals surface area contributed by atoms with Crippen molar-refractivity contribution in [1.29, 1.82) is 0 Å². The van der Waals surface area contributed by atoms with Crippen LogP contribution in [-0.4, -0.2) is 15.7 Å². The van der Waals surface area contributed by atoms with Gasteiger partial charge in [0.25, 0.3) is 5.91 Å². The molecule has 0 aliphatic rings. The summed E-state index contributed by atoms with van der Waals surface area (Å²) in [5.41, 5.74) is 12.5. The van der Waals surface area contributed by atoms with Crippen LogP contribution in [0.15, 0.2) is 78.9 Å². The van der Waals surface area contributed by atoms with E-state index in [2.05, 4.69) is 30.3 Å². The highest BCUT2D eigenvalue weighted by atomic mass is 16.1. The van der Waals surface area contributed by atoms with Crippen molar-refractivity contribution >= 4 is 17.4 Å². The van der Waals surface area contributed by atoms with Crippen LogP contribution in [0.1, 0.15) is 41.3 Å². The zero-order valence-corrected chi connectivity index (χ0v) is 18.0. The zero-order valence-electron chi connectivity index (χ0n) is 18.0. The van der Waals surface area contributed by atoms with E-state index >= 15 is 0 Å². The van der Waals surface area contributed by atoms with E-state index in [1.54, 1.807) is 16.8 Å². The maximum atomic E-state index is 12.8. The molecule has 5 nitrogen and oxygen atoms in total. The largest absolute Gasteiger partial charge is 0.384 e. The van der Waals surface area contributed by atoms with Gasteiger partial charge in [-0.05, 0) is 54.8 Å². The summed E-state index contributed by atoms with van der Waals surface area (Å²) >= 11 is 0.